The SMILES string of the molecule is CCS(=O)(=O)c1ccc(CC(=O)Nc2ccc3c(c2)C(=O)CCO3)cc1. The largest absolute Gasteiger partial charge is 0.492 e. The van der Waals surface area contributed by atoms with Crippen molar-refractivity contribution < 1.29 is 22.7 Å². The van der Waals surface area contributed by atoms with Gasteiger partial charge in [0.2, 0.25) is 5.91 Å². The Hall–Kier alpha value is -2.67. The van der Waals surface area contributed by atoms with Crippen LogP contribution < -0.4 is 10.1 Å². The van der Waals surface area contributed by atoms with Crippen molar-refractivity contribution in [2.24, 2.45) is 0 Å². The molecule has 6 nitrogen and oxygen atoms in total. The third-order valence-electron chi connectivity index (χ3n) is 4.18. The van der Waals surface area contributed by atoms with E-state index in [1.807, 2.05) is 0 Å². The van der Waals surface area contributed by atoms with Gasteiger partial charge in [-0.3, -0.25) is 9.59 Å². The van der Waals surface area contributed by atoms with Crippen LogP contribution in [0.3, 0.4) is 0 Å². The molecule has 0 saturated heterocycles. The van der Waals surface area contributed by atoms with Crippen LogP contribution in [0.4, 0.5) is 5.69 Å². The molecule has 0 aromatic heterocycles. The van der Waals surface area contributed by atoms with Gasteiger partial charge in [-0.15, -0.1) is 0 Å². The van der Waals surface area contributed by atoms with Gasteiger partial charge in [0.05, 0.1) is 29.2 Å². The Bertz CT molecular complexity index is 948. The Labute approximate surface area is 152 Å². The lowest BCUT2D eigenvalue weighted by atomic mass is 10.0. The number of nitrogens with one attached hydrogen (secondary N) is 1. The summed E-state index contributed by atoms with van der Waals surface area (Å²) in [5.74, 6) is 0.315. The Kier molecular flexibility index (Phi) is 5.08. The van der Waals surface area contributed by atoms with Crippen LogP contribution in [0.5, 0.6) is 5.75 Å². The second-order valence-corrected chi connectivity index (χ2v) is 8.28. The molecule has 0 spiro atoms. The molecule has 0 fully saturated rings. The molecule has 0 atom stereocenters. The van der Waals surface area contributed by atoms with Crippen LogP contribution in [0.25, 0.3) is 0 Å². The van der Waals surface area contributed by atoms with E-state index in [2.05, 4.69) is 5.32 Å². The van der Waals surface area contributed by atoms with E-state index >= 15 is 0 Å². The molecule has 1 heterocycles. The summed E-state index contributed by atoms with van der Waals surface area (Å²) in [5.41, 5.74) is 1.70. The molecular formula is C19H19NO5S. The van der Waals surface area contributed by atoms with Crippen LogP contribution in [-0.4, -0.2) is 32.5 Å². The maximum Gasteiger partial charge on any atom is 0.228 e. The lowest BCUT2D eigenvalue weighted by Crippen LogP contribution is -2.17. The molecule has 3 rings (SSSR count). The molecule has 0 unspecified atom stereocenters. The van der Waals surface area contributed by atoms with E-state index < -0.39 is 9.84 Å². The van der Waals surface area contributed by atoms with Gasteiger partial charge in [0, 0.05) is 12.1 Å². The Morgan fingerprint density at radius 1 is 1.15 bits per heavy atom. The van der Waals surface area contributed by atoms with Gasteiger partial charge in [0.1, 0.15) is 5.75 Å². The highest BCUT2D eigenvalue weighted by molar-refractivity contribution is 7.91. The normalized spacial score (nSPS) is 13.7. The third kappa shape index (κ3) is 3.94. The molecule has 0 saturated carbocycles. The van der Waals surface area contributed by atoms with E-state index in [4.69, 9.17) is 4.74 Å². The summed E-state index contributed by atoms with van der Waals surface area (Å²) in [4.78, 5) is 24.4. The zero-order valence-electron chi connectivity index (χ0n) is 14.3. The summed E-state index contributed by atoms with van der Waals surface area (Å²) in [6.45, 7) is 1.96. The molecule has 136 valence electrons. The molecular weight excluding hydrogens is 354 g/mol. The molecule has 1 aliphatic rings. The number of rotatable bonds is 5. The molecule has 0 bridgehead atoms. The van der Waals surface area contributed by atoms with Crippen molar-refractivity contribution in [2.45, 2.75) is 24.7 Å². The molecule has 1 amide bonds. The minimum atomic E-state index is -3.25. The average Bonchev–Trinajstić information content (AvgIpc) is 2.63. The van der Waals surface area contributed by atoms with Gasteiger partial charge in [-0.25, -0.2) is 8.42 Å². The molecule has 0 aliphatic carbocycles. The number of ether oxygens (including phenoxy) is 1. The summed E-state index contributed by atoms with van der Waals surface area (Å²) in [6, 6.07) is 11.3. The van der Waals surface area contributed by atoms with Crippen LogP contribution in [0.15, 0.2) is 47.4 Å². The van der Waals surface area contributed by atoms with Crippen molar-refractivity contribution in [3.05, 3.63) is 53.6 Å². The highest BCUT2D eigenvalue weighted by atomic mass is 32.2. The van der Waals surface area contributed by atoms with E-state index in [9.17, 15) is 18.0 Å². The minimum absolute atomic E-state index is 0.00456. The maximum atomic E-state index is 12.2. The summed E-state index contributed by atoms with van der Waals surface area (Å²) in [5, 5.41) is 2.75. The molecule has 1 N–H and O–H groups in total. The lowest BCUT2D eigenvalue weighted by Gasteiger charge is -2.17. The Morgan fingerprint density at radius 3 is 2.58 bits per heavy atom. The van der Waals surface area contributed by atoms with Crippen LogP contribution in [0.2, 0.25) is 0 Å². The molecule has 7 heteroatoms. The number of sulfone groups is 1. The highest BCUT2D eigenvalue weighted by Gasteiger charge is 2.19. The van der Waals surface area contributed by atoms with Crippen molar-refractivity contribution in [3.8, 4) is 5.75 Å². The number of hydrogen-bond acceptors (Lipinski definition) is 5. The smallest absolute Gasteiger partial charge is 0.228 e. The molecule has 26 heavy (non-hydrogen) atoms. The second-order valence-electron chi connectivity index (χ2n) is 6.00. The summed E-state index contributed by atoms with van der Waals surface area (Å²) in [7, 11) is -3.25. The van der Waals surface area contributed by atoms with Gasteiger partial charge < -0.3 is 10.1 Å². The monoisotopic (exact) mass is 373 g/mol. The number of fused-ring (bicyclic) bond motifs is 1. The standard InChI is InChI=1S/C19H19NO5S/c1-2-26(23,24)15-6-3-13(4-7-15)11-19(22)20-14-5-8-18-16(12-14)17(21)9-10-25-18/h3-8,12H,2,9-11H2,1H3,(H,20,22). The Morgan fingerprint density at radius 2 is 1.88 bits per heavy atom. The summed E-state index contributed by atoms with van der Waals surface area (Å²) in [6.07, 6.45) is 0.436. The van der Waals surface area contributed by atoms with E-state index in [1.54, 1.807) is 37.3 Å². The first-order chi connectivity index (χ1) is 12.4. The fourth-order valence-corrected chi connectivity index (χ4v) is 3.60. The quantitative estimate of drug-likeness (QED) is 0.870. The number of amides is 1. The maximum absolute atomic E-state index is 12.2. The van der Waals surface area contributed by atoms with Crippen LogP contribution in [0, 0.1) is 0 Å². The lowest BCUT2D eigenvalue weighted by molar-refractivity contribution is -0.115. The average molecular weight is 373 g/mol. The first-order valence-electron chi connectivity index (χ1n) is 8.30. The molecule has 2 aromatic carbocycles. The number of hydrogen-bond donors (Lipinski definition) is 1. The van der Waals surface area contributed by atoms with E-state index in [1.165, 1.54) is 12.1 Å². The number of ketones is 1. The summed E-state index contributed by atoms with van der Waals surface area (Å²) >= 11 is 0. The van der Waals surface area contributed by atoms with Crippen molar-refractivity contribution in [3.63, 3.8) is 0 Å². The van der Waals surface area contributed by atoms with Crippen LogP contribution >= 0.6 is 0 Å². The van der Waals surface area contributed by atoms with Crippen LogP contribution in [-0.2, 0) is 21.1 Å². The number of anilines is 1. The minimum Gasteiger partial charge on any atom is -0.492 e. The molecule has 2 aromatic rings. The predicted octanol–water partition coefficient (Wildman–Crippen LogP) is 2.63. The van der Waals surface area contributed by atoms with Crippen LogP contribution in [0.1, 0.15) is 29.3 Å². The zero-order valence-corrected chi connectivity index (χ0v) is 15.1. The van der Waals surface area contributed by atoms with Gasteiger partial charge >= 0.3 is 0 Å². The fourth-order valence-electron chi connectivity index (χ4n) is 2.71. The third-order valence-corrected chi connectivity index (χ3v) is 5.93. The zero-order chi connectivity index (χ0) is 18.7. The number of Topliss-reactive ketones (excluding diaryl/α,β-unsaturated/α-hetero) is 1. The molecule has 1 aliphatic heterocycles. The topological polar surface area (TPSA) is 89.5 Å². The highest BCUT2D eigenvalue weighted by Crippen LogP contribution is 2.27. The van der Waals surface area contributed by atoms with Gasteiger partial charge in [-0.1, -0.05) is 19.1 Å². The van der Waals surface area contributed by atoms with Gasteiger partial charge in [0.25, 0.3) is 0 Å². The first kappa shape index (κ1) is 18.1. The van der Waals surface area contributed by atoms with Gasteiger partial charge in [-0.2, -0.15) is 0 Å². The molecule has 0 radical (unpaired) electrons. The second kappa shape index (κ2) is 7.29. The van der Waals surface area contributed by atoms with E-state index in [-0.39, 0.29) is 28.8 Å². The number of benzene rings is 2. The Balaban J connectivity index is 1.68. The van der Waals surface area contributed by atoms with Crippen molar-refractivity contribution in [2.75, 3.05) is 17.7 Å². The van der Waals surface area contributed by atoms with E-state index in [0.717, 1.165) is 0 Å². The number of carbonyl (C=O) groups is 2. The van der Waals surface area contributed by atoms with Crippen molar-refractivity contribution >= 4 is 27.2 Å². The van der Waals surface area contributed by atoms with Gasteiger partial charge in [0.15, 0.2) is 15.6 Å². The van der Waals surface area contributed by atoms with Crippen molar-refractivity contribution in [1.82, 2.24) is 0 Å². The first-order valence-corrected chi connectivity index (χ1v) is 9.96. The predicted molar refractivity (Wildman–Crippen MR) is 97.4 cm³/mol. The number of carbonyl (C=O) groups excluding carboxylic acids is 2. The summed E-state index contributed by atoms with van der Waals surface area (Å²) < 4.78 is 29.0. The van der Waals surface area contributed by atoms with Crippen molar-refractivity contribution in [1.29, 1.82) is 0 Å². The van der Waals surface area contributed by atoms with Gasteiger partial charge in [-0.05, 0) is 35.9 Å². The van der Waals surface area contributed by atoms with E-state index in [0.29, 0.717) is 35.6 Å². The fraction of sp³-hybridized carbons (Fsp3) is 0.263.